The summed E-state index contributed by atoms with van der Waals surface area (Å²) in [6, 6.07) is 22.1. The zero-order chi connectivity index (χ0) is 20.9. The Bertz CT molecular complexity index is 1110. The van der Waals surface area contributed by atoms with E-state index in [9.17, 15) is 0 Å². The maximum absolute atomic E-state index is 4.94. The second-order valence-electron chi connectivity index (χ2n) is 7.47. The number of rotatable bonds is 7. The molecule has 30 heavy (non-hydrogen) atoms. The van der Waals surface area contributed by atoms with Crippen LogP contribution in [0.25, 0.3) is 16.9 Å². The minimum Gasteiger partial charge on any atom is -0.324 e. The van der Waals surface area contributed by atoms with Gasteiger partial charge in [0.05, 0.1) is 22.6 Å². The third kappa shape index (κ3) is 4.54. The van der Waals surface area contributed by atoms with E-state index in [-0.39, 0.29) is 0 Å². The highest BCUT2D eigenvalue weighted by atomic mass is 32.2. The molecule has 0 saturated heterocycles. The lowest BCUT2D eigenvalue weighted by molar-refractivity contribution is 0.747. The van der Waals surface area contributed by atoms with Gasteiger partial charge in [0.2, 0.25) is 5.95 Å². The van der Waals surface area contributed by atoms with E-state index in [1.165, 1.54) is 0 Å². The van der Waals surface area contributed by atoms with Crippen LogP contribution in [0.15, 0.2) is 78.0 Å². The van der Waals surface area contributed by atoms with Gasteiger partial charge in [0.1, 0.15) is 5.03 Å². The van der Waals surface area contributed by atoms with Crippen LogP contribution >= 0.6 is 11.8 Å². The quantitative estimate of drug-likeness (QED) is 0.368. The molecule has 0 bridgehead atoms. The van der Waals surface area contributed by atoms with Crippen LogP contribution in [0.5, 0.6) is 0 Å². The molecule has 4 aromatic rings. The Balaban J connectivity index is 1.75. The Morgan fingerprint density at radius 1 is 0.967 bits per heavy atom. The average Bonchev–Trinajstić information content (AvgIpc) is 3.10. The first-order chi connectivity index (χ1) is 14.6. The maximum Gasteiger partial charge on any atom is 0.227 e. The standard InChI is InChI=1S/C24H25N5S/c1-17(2)16-30-23-22(18(3)29(28-23)20-12-8-5-9-13-20)21-14-15-25-24(27-21)26-19-10-6-4-7-11-19/h4-15,17H,16H2,1-3H3,(H,25,26,27). The summed E-state index contributed by atoms with van der Waals surface area (Å²) in [6.07, 6.45) is 1.80. The summed E-state index contributed by atoms with van der Waals surface area (Å²) in [5.41, 5.74) is 5.00. The highest BCUT2D eigenvalue weighted by molar-refractivity contribution is 7.99. The summed E-state index contributed by atoms with van der Waals surface area (Å²) in [4.78, 5) is 9.21. The van der Waals surface area contributed by atoms with Gasteiger partial charge in [-0.05, 0) is 43.2 Å². The van der Waals surface area contributed by atoms with Crippen LogP contribution in [0.3, 0.4) is 0 Å². The first-order valence-electron chi connectivity index (χ1n) is 10.0. The third-order valence-electron chi connectivity index (χ3n) is 4.58. The summed E-state index contributed by atoms with van der Waals surface area (Å²) >= 11 is 1.78. The van der Waals surface area contributed by atoms with Crippen molar-refractivity contribution < 1.29 is 0 Å². The zero-order valence-corrected chi connectivity index (χ0v) is 18.2. The van der Waals surface area contributed by atoms with E-state index >= 15 is 0 Å². The van der Waals surface area contributed by atoms with Gasteiger partial charge < -0.3 is 5.32 Å². The average molecular weight is 416 g/mol. The molecule has 2 aromatic heterocycles. The Morgan fingerprint density at radius 2 is 1.67 bits per heavy atom. The summed E-state index contributed by atoms with van der Waals surface area (Å²) in [6.45, 7) is 6.54. The first-order valence-corrected chi connectivity index (χ1v) is 11.0. The van der Waals surface area contributed by atoms with Crippen LogP contribution in [0.2, 0.25) is 0 Å². The largest absolute Gasteiger partial charge is 0.324 e. The lowest BCUT2D eigenvalue weighted by atomic mass is 10.2. The van der Waals surface area contributed by atoms with Gasteiger partial charge in [0, 0.05) is 17.6 Å². The second kappa shape index (κ2) is 9.13. The van der Waals surface area contributed by atoms with E-state index in [0.29, 0.717) is 11.9 Å². The minimum atomic E-state index is 0.574. The van der Waals surface area contributed by atoms with Crippen LogP contribution < -0.4 is 5.32 Å². The Kier molecular flexibility index (Phi) is 6.14. The van der Waals surface area contributed by atoms with E-state index in [2.05, 4.69) is 43.2 Å². The number of benzene rings is 2. The SMILES string of the molecule is Cc1c(-c2ccnc(Nc3ccccc3)n2)c(SCC(C)C)nn1-c1ccccc1. The number of thioether (sulfide) groups is 1. The summed E-state index contributed by atoms with van der Waals surface area (Å²) in [5.74, 6) is 2.15. The zero-order valence-electron chi connectivity index (χ0n) is 17.4. The van der Waals surface area contributed by atoms with E-state index in [1.807, 2.05) is 59.3 Å². The lowest BCUT2D eigenvalue weighted by Gasteiger charge is -2.08. The molecule has 1 N–H and O–H groups in total. The van der Waals surface area contributed by atoms with Crippen LogP contribution in [-0.2, 0) is 0 Å². The van der Waals surface area contributed by atoms with E-state index < -0.39 is 0 Å². The van der Waals surface area contributed by atoms with E-state index in [0.717, 1.165) is 39.1 Å². The monoisotopic (exact) mass is 415 g/mol. The number of aromatic nitrogens is 4. The van der Waals surface area contributed by atoms with Gasteiger partial charge in [-0.2, -0.15) is 5.10 Å². The number of anilines is 2. The molecule has 0 spiro atoms. The van der Waals surface area contributed by atoms with Gasteiger partial charge in [-0.1, -0.05) is 50.2 Å². The molecule has 0 aliphatic heterocycles. The number of nitrogens with one attached hydrogen (secondary N) is 1. The van der Waals surface area contributed by atoms with Crippen molar-refractivity contribution in [3.63, 3.8) is 0 Å². The first kappa shape index (κ1) is 20.2. The smallest absolute Gasteiger partial charge is 0.227 e. The number of hydrogen-bond acceptors (Lipinski definition) is 5. The Labute approximate surface area is 181 Å². The number of hydrogen-bond donors (Lipinski definition) is 1. The van der Waals surface area contributed by atoms with Crippen molar-refractivity contribution in [1.29, 1.82) is 0 Å². The molecule has 4 rings (SSSR count). The fourth-order valence-electron chi connectivity index (χ4n) is 3.15. The van der Waals surface area contributed by atoms with Gasteiger partial charge in [-0.25, -0.2) is 14.6 Å². The van der Waals surface area contributed by atoms with Gasteiger partial charge in [-0.15, -0.1) is 11.8 Å². The molecule has 5 nitrogen and oxygen atoms in total. The van der Waals surface area contributed by atoms with Crippen molar-refractivity contribution in [3.05, 3.63) is 78.6 Å². The van der Waals surface area contributed by atoms with Gasteiger partial charge in [0.25, 0.3) is 0 Å². The molecule has 0 aliphatic carbocycles. The van der Waals surface area contributed by atoms with Crippen LogP contribution in [-0.4, -0.2) is 25.5 Å². The molecule has 0 saturated carbocycles. The second-order valence-corrected chi connectivity index (χ2v) is 8.48. The number of para-hydroxylation sites is 2. The van der Waals surface area contributed by atoms with E-state index in [1.54, 1.807) is 18.0 Å². The predicted octanol–water partition coefficient (Wildman–Crippen LogP) is 6.13. The van der Waals surface area contributed by atoms with Gasteiger partial charge in [0.15, 0.2) is 0 Å². The molecular formula is C24H25N5S. The third-order valence-corrected chi connectivity index (χ3v) is 5.97. The van der Waals surface area contributed by atoms with Crippen molar-refractivity contribution in [1.82, 2.24) is 19.7 Å². The fourth-order valence-corrected chi connectivity index (χ4v) is 4.17. The van der Waals surface area contributed by atoms with Crippen LogP contribution in [0.1, 0.15) is 19.5 Å². The highest BCUT2D eigenvalue weighted by Gasteiger charge is 2.20. The minimum absolute atomic E-state index is 0.574. The molecule has 2 aromatic carbocycles. The molecule has 0 amide bonds. The molecule has 6 heteroatoms. The predicted molar refractivity (Wildman–Crippen MR) is 125 cm³/mol. The fraction of sp³-hybridized carbons (Fsp3) is 0.208. The molecule has 0 fully saturated rings. The lowest BCUT2D eigenvalue weighted by Crippen LogP contribution is -2.00. The summed E-state index contributed by atoms with van der Waals surface area (Å²) in [7, 11) is 0. The van der Waals surface area contributed by atoms with Crippen LogP contribution in [0, 0.1) is 12.8 Å². The van der Waals surface area contributed by atoms with Gasteiger partial charge in [-0.3, -0.25) is 0 Å². The Morgan fingerprint density at radius 3 is 2.37 bits per heavy atom. The molecule has 0 radical (unpaired) electrons. The van der Waals surface area contributed by atoms with E-state index in [4.69, 9.17) is 10.1 Å². The normalized spacial score (nSPS) is 11.1. The highest BCUT2D eigenvalue weighted by Crippen LogP contribution is 2.35. The van der Waals surface area contributed by atoms with Crippen molar-refractivity contribution >= 4 is 23.4 Å². The molecule has 152 valence electrons. The van der Waals surface area contributed by atoms with Crippen LogP contribution in [0.4, 0.5) is 11.6 Å². The summed E-state index contributed by atoms with van der Waals surface area (Å²) in [5, 5.41) is 9.22. The topological polar surface area (TPSA) is 55.6 Å². The van der Waals surface area contributed by atoms with Crippen molar-refractivity contribution in [2.75, 3.05) is 11.1 Å². The molecular weight excluding hydrogens is 390 g/mol. The molecule has 0 unspecified atom stereocenters. The van der Waals surface area contributed by atoms with Crippen molar-refractivity contribution in [2.45, 2.75) is 25.8 Å². The Hall–Kier alpha value is -3.12. The number of nitrogens with zero attached hydrogens (tertiary/aromatic N) is 4. The maximum atomic E-state index is 4.94. The van der Waals surface area contributed by atoms with Gasteiger partial charge >= 0.3 is 0 Å². The molecule has 0 aliphatic rings. The molecule has 0 atom stereocenters. The summed E-state index contributed by atoms with van der Waals surface area (Å²) < 4.78 is 2.00. The van der Waals surface area contributed by atoms with Crippen molar-refractivity contribution in [3.8, 4) is 16.9 Å². The molecule has 2 heterocycles. The van der Waals surface area contributed by atoms with Crippen molar-refractivity contribution in [2.24, 2.45) is 5.92 Å².